The molecule has 28 heavy (non-hydrogen) atoms. The highest BCUT2D eigenvalue weighted by atomic mass is 32.2. The molecule has 3 aromatic rings. The summed E-state index contributed by atoms with van der Waals surface area (Å²) < 4.78 is 19.8. The Kier molecular flexibility index (Phi) is 5.18. The van der Waals surface area contributed by atoms with E-state index in [4.69, 9.17) is 6.57 Å². The summed E-state index contributed by atoms with van der Waals surface area (Å²) in [5.41, 5.74) is 2.19. The van der Waals surface area contributed by atoms with Crippen LogP contribution in [-0.2, 0) is 9.92 Å². The Hall–Kier alpha value is -3.22. The largest absolute Gasteiger partial charge is 0.293 e. The number of aromatic amines is 1. The summed E-state index contributed by atoms with van der Waals surface area (Å²) in [5.74, 6) is 0.387. The van der Waals surface area contributed by atoms with E-state index in [0.717, 1.165) is 5.56 Å². The third kappa shape index (κ3) is 3.24. The van der Waals surface area contributed by atoms with Gasteiger partial charge in [0.1, 0.15) is 9.92 Å². The van der Waals surface area contributed by atoms with Crippen molar-refractivity contribution in [2.45, 2.75) is 11.8 Å². The molecule has 0 aliphatic rings. The lowest BCUT2D eigenvalue weighted by atomic mass is 10.1. The number of hydrogen-bond acceptors (Lipinski definition) is 4. The summed E-state index contributed by atoms with van der Waals surface area (Å²) in [7, 11) is 2.17. The number of rotatable bonds is 4. The number of hydrogen-bond donors (Lipinski definition) is 1. The molecule has 0 unspecified atom stereocenters. The molecular weight excluding hydrogens is 376 g/mol. The van der Waals surface area contributed by atoms with Crippen molar-refractivity contribution in [3.8, 4) is 16.9 Å². The maximum atomic E-state index is 12.9. The van der Waals surface area contributed by atoms with Crippen molar-refractivity contribution in [3.63, 3.8) is 0 Å². The van der Waals surface area contributed by atoms with Gasteiger partial charge >= 0.3 is 0 Å². The first-order valence-electron chi connectivity index (χ1n) is 8.40. The van der Waals surface area contributed by atoms with Crippen LogP contribution >= 0.6 is 0 Å². The van der Waals surface area contributed by atoms with E-state index in [2.05, 4.69) is 19.3 Å². The second kappa shape index (κ2) is 7.42. The summed E-state index contributed by atoms with van der Waals surface area (Å²) in [5, 5.41) is 3.03. The SMILES string of the molecule is [C-]#[N+]c1ccc(-c2c(C)[nH]n(-c3ccc([S@](=O)(=NC)N(C)C)cn3)c2=O)cc1. The van der Waals surface area contributed by atoms with E-state index < -0.39 is 9.92 Å². The van der Waals surface area contributed by atoms with Crippen LogP contribution in [0, 0.1) is 13.5 Å². The van der Waals surface area contributed by atoms with E-state index in [0.29, 0.717) is 27.7 Å². The first kappa shape index (κ1) is 19.5. The van der Waals surface area contributed by atoms with Crippen molar-refractivity contribution in [3.05, 3.63) is 70.1 Å². The minimum atomic E-state index is -2.71. The molecule has 0 aliphatic heterocycles. The topological polar surface area (TPSA) is 87.7 Å². The standard InChI is InChI=1S/C19H20N6O2S/c1-13-18(14-6-8-15(20-2)9-7-14)19(26)25(23-13)17-11-10-16(12-22-17)28(27,21-3)24(4)5/h6-12,23H,1,3-5H3/t28-/m0/s1. The number of benzene rings is 1. The van der Waals surface area contributed by atoms with Crippen LogP contribution in [0.15, 0.2) is 56.6 Å². The first-order chi connectivity index (χ1) is 13.3. The van der Waals surface area contributed by atoms with Crippen LogP contribution < -0.4 is 5.56 Å². The maximum absolute atomic E-state index is 12.9. The monoisotopic (exact) mass is 396 g/mol. The van der Waals surface area contributed by atoms with Gasteiger partial charge in [-0.15, -0.1) is 0 Å². The van der Waals surface area contributed by atoms with Crippen molar-refractivity contribution in [2.24, 2.45) is 4.36 Å². The molecule has 0 amide bonds. The van der Waals surface area contributed by atoms with E-state index in [-0.39, 0.29) is 5.56 Å². The number of H-pyrrole nitrogens is 1. The molecule has 1 N–H and O–H groups in total. The Morgan fingerprint density at radius 2 is 1.89 bits per heavy atom. The molecule has 2 heterocycles. The quantitative estimate of drug-likeness (QED) is 0.688. The second-order valence-corrected chi connectivity index (χ2v) is 8.81. The fraction of sp³-hybridized carbons (Fsp3) is 0.211. The average molecular weight is 396 g/mol. The summed E-state index contributed by atoms with van der Waals surface area (Å²) in [6.07, 6.45) is 1.47. The number of pyridine rings is 1. The van der Waals surface area contributed by atoms with Gasteiger partial charge in [0, 0.05) is 33.0 Å². The first-order valence-corrected chi connectivity index (χ1v) is 9.87. The Morgan fingerprint density at radius 3 is 2.39 bits per heavy atom. The third-order valence-electron chi connectivity index (χ3n) is 4.36. The molecule has 1 aromatic carbocycles. The second-order valence-electron chi connectivity index (χ2n) is 6.25. The van der Waals surface area contributed by atoms with Gasteiger partial charge in [0.2, 0.25) is 0 Å². The van der Waals surface area contributed by atoms with Crippen molar-refractivity contribution >= 4 is 15.6 Å². The fourth-order valence-corrected chi connectivity index (χ4v) is 4.29. The van der Waals surface area contributed by atoms with Gasteiger partial charge in [-0.05, 0) is 24.6 Å². The predicted octanol–water partition coefficient (Wildman–Crippen LogP) is 3.02. The number of aryl methyl sites for hydroxylation is 1. The maximum Gasteiger partial charge on any atom is 0.280 e. The smallest absolute Gasteiger partial charge is 0.280 e. The summed E-state index contributed by atoms with van der Waals surface area (Å²) in [6.45, 7) is 8.84. The van der Waals surface area contributed by atoms with Crippen LogP contribution in [0.1, 0.15) is 5.69 Å². The van der Waals surface area contributed by atoms with Gasteiger partial charge in [-0.25, -0.2) is 27.4 Å². The van der Waals surface area contributed by atoms with Crippen LogP contribution in [0.5, 0.6) is 0 Å². The van der Waals surface area contributed by atoms with Gasteiger partial charge in [-0.2, -0.15) is 0 Å². The lowest BCUT2D eigenvalue weighted by molar-refractivity contribution is 0.590. The van der Waals surface area contributed by atoms with E-state index in [9.17, 15) is 9.00 Å². The molecule has 0 saturated carbocycles. The number of nitrogens with one attached hydrogen (secondary N) is 1. The minimum Gasteiger partial charge on any atom is -0.293 e. The van der Waals surface area contributed by atoms with Gasteiger partial charge < -0.3 is 0 Å². The minimum absolute atomic E-state index is 0.248. The Morgan fingerprint density at radius 1 is 1.21 bits per heavy atom. The van der Waals surface area contributed by atoms with Gasteiger partial charge in [-0.1, -0.05) is 24.3 Å². The molecule has 8 nitrogen and oxygen atoms in total. The van der Waals surface area contributed by atoms with Gasteiger partial charge in [0.05, 0.1) is 17.0 Å². The molecule has 1 atom stereocenters. The lowest BCUT2D eigenvalue weighted by Crippen LogP contribution is -2.22. The lowest BCUT2D eigenvalue weighted by Gasteiger charge is -2.16. The van der Waals surface area contributed by atoms with Crippen LogP contribution in [0.4, 0.5) is 5.69 Å². The highest BCUT2D eigenvalue weighted by molar-refractivity contribution is 7.91. The average Bonchev–Trinajstić information content (AvgIpc) is 3.01. The summed E-state index contributed by atoms with van der Waals surface area (Å²) >= 11 is 0. The van der Waals surface area contributed by atoms with E-state index in [1.54, 1.807) is 61.7 Å². The third-order valence-corrected chi connectivity index (χ3v) is 6.70. The van der Waals surface area contributed by atoms with E-state index >= 15 is 0 Å². The van der Waals surface area contributed by atoms with Crippen LogP contribution in [0.2, 0.25) is 0 Å². The Balaban J connectivity index is 2.05. The van der Waals surface area contributed by atoms with Crippen molar-refractivity contribution < 1.29 is 4.21 Å². The molecule has 0 radical (unpaired) electrons. The molecule has 0 aliphatic carbocycles. The molecule has 2 aromatic heterocycles. The van der Waals surface area contributed by atoms with Crippen LogP contribution in [0.3, 0.4) is 0 Å². The van der Waals surface area contributed by atoms with Gasteiger partial charge in [0.25, 0.3) is 5.56 Å². The Bertz CT molecular complexity index is 1220. The highest BCUT2D eigenvalue weighted by Gasteiger charge is 2.18. The zero-order valence-electron chi connectivity index (χ0n) is 16.0. The van der Waals surface area contributed by atoms with Crippen LogP contribution in [-0.4, -0.2) is 44.4 Å². The number of aromatic nitrogens is 3. The Labute approximate surface area is 163 Å². The molecule has 0 fully saturated rings. The molecule has 3 rings (SSSR count). The molecular formula is C19H20N6O2S. The molecule has 9 heteroatoms. The molecule has 0 saturated heterocycles. The number of nitrogens with zero attached hydrogens (tertiary/aromatic N) is 5. The highest BCUT2D eigenvalue weighted by Crippen LogP contribution is 2.23. The predicted molar refractivity (Wildman–Crippen MR) is 109 cm³/mol. The van der Waals surface area contributed by atoms with Crippen LogP contribution in [0.25, 0.3) is 21.8 Å². The zero-order valence-corrected chi connectivity index (χ0v) is 16.8. The van der Waals surface area contributed by atoms with Crippen molar-refractivity contribution in [1.82, 2.24) is 19.1 Å². The van der Waals surface area contributed by atoms with Crippen molar-refractivity contribution in [2.75, 3.05) is 21.1 Å². The molecule has 0 bridgehead atoms. The van der Waals surface area contributed by atoms with Crippen molar-refractivity contribution in [1.29, 1.82) is 0 Å². The van der Waals surface area contributed by atoms with E-state index in [1.165, 1.54) is 17.9 Å². The van der Waals surface area contributed by atoms with Gasteiger partial charge in [-0.3, -0.25) is 9.89 Å². The summed E-state index contributed by atoms with van der Waals surface area (Å²) in [6, 6.07) is 10.1. The normalized spacial score (nSPS) is 13.1. The molecule has 0 spiro atoms. The fourth-order valence-electron chi connectivity index (χ4n) is 2.89. The van der Waals surface area contributed by atoms with E-state index in [1.807, 2.05) is 0 Å². The summed E-state index contributed by atoms with van der Waals surface area (Å²) in [4.78, 5) is 21.1. The molecule has 144 valence electrons. The zero-order chi connectivity index (χ0) is 20.5. The van der Waals surface area contributed by atoms with Gasteiger partial charge in [0.15, 0.2) is 11.5 Å².